The van der Waals surface area contributed by atoms with Crippen molar-refractivity contribution in [3.8, 4) is 11.3 Å². The number of pyridine rings is 1. The van der Waals surface area contributed by atoms with E-state index in [1.54, 1.807) is 18.2 Å². The van der Waals surface area contributed by atoms with Crippen LogP contribution in [0.3, 0.4) is 0 Å². The Labute approximate surface area is 123 Å². The van der Waals surface area contributed by atoms with Crippen molar-refractivity contribution in [1.82, 2.24) is 4.98 Å². The van der Waals surface area contributed by atoms with Crippen LogP contribution in [0.5, 0.6) is 0 Å². The highest BCUT2D eigenvalue weighted by Gasteiger charge is 2.30. The van der Waals surface area contributed by atoms with Crippen LogP contribution < -0.4 is 0 Å². The molecule has 1 aromatic carbocycles. The van der Waals surface area contributed by atoms with Crippen LogP contribution in [0.25, 0.3) is 11.3 Å². The molecule has 5 heteroatoms. The topological polar surface area (TPSA) is 50.2 Å². The fraction of sp³-hybridized carbons (Fsp3) is 0.200. The number of nitrogens with zero attached hydrogens (tertiary/aromatic N) is 1. The molecule has 1 aliphatic carbocycles. The zero-order valence-electron chi connectivity index (χ0n) is 10.4. The fourth-order valence-corrected chi connectivity index (χ4v) is 2.53. The Morgan fingerprint density at radius 1 is 1.30 bits per heavy atom. The number of aromatic carboxylic acids is 1. The Hall–Kier alpha value is -1.75. The minimum absolute atomic E-state index is 0.191. The SMILES string of the molecule is O=C(O)c1ccc(-c2cc(Br)ccc2F)nc1C1CC1. The van der Waals surface area contributed by atoms with Gasteiger partial charge in [-0.2, -0.15) is 0 Å². The summed E-state index contributed by atoms with van der Waals surface area (Å²) in [6.45, 7) is 0. The summed E-state index contributed by atoms with van der Waals surface area (Å²) in [6, 6.07) is 7.70. The van der Waals surface area contributed by atoms with Crippen LogP contribution in [0.1, 0.15) is 34.8 Å². The van der Waals surface area contributed by atoms with Crippen molar-refractivity contribution < 1.29 is 14.3 Å². The van der Waals surface area contributed by atoms with Gasteiger partial charge in [0.05, 0.1) is 17.0 Å². The molecule has 1 aliphatic rings. The van der Waals surface area contributed by atoms with Gasteiger partial charge in [0.15, 0.2) is 0 Å². The van der Waals surface area contributed by atoms with Gasteiger partial charge in [-0.25, -0.2) is 9.18 Å². The maximum Gasteiger partial charge on any atom is 0.337 e. The molecule has 0 saturated heterocycles. The smallest absolute Gasteiger partial charge is 0.337 e. The van der Waals surface area contributed by atoms with Gasteiger partial charge in [0.25, 0.3) is 0 Å². The first kappa shape index (κ1) is 13.2. The van der Waals surface area contributed by atoms with Crippen LogP contribution in [0.4, 0.5) is 4.39 Å². The fourth-order valence-electron chi connectivity index (χ4n) is 2.17. The number of carbonyl (C=O) groups is 1. The molecule has 3 nitrogen and oxygen atoms in total. The molecule has 102 valence electrons. The van der Waals surface area contributed by atoms with Gasteiger partial charge in [-0.1, -0.05) is 15.9 Å². The van der Waals surface area contributed by atoms with Crippen LogP contribution in [-0.4, -0.2) is 16.1 Å². The van der Waals surface area contributed by atoms with E-state index in [0.29, 0.717) is 17.0 Å². The second-order valence-corrected chi connectivity index (χ2v) is 5.75. The summed E-state index contributed by atoms with van der Waals surface area (Å²) in [5.41, 5.74) is 1.62. The highest BCUT2D eigenvalue weighted by atomic mass is 79.9. The van der Waals surface area contributed by atoms with E-state index in [9.17, 15) is 14.3 Å². The van der Waals surface area contributed by atoms with Crippen molar-refractivity contribution in [3.63, 3.8) is 0 Å². The van der Waals surface area contributed by atoms with Crippen LogP contribution in [-0.2, 0) is 0 Å². The number of rotatable bonds is 3. The molecule has 0 atom stereocenters. The third-order valence-electron chi connectivity index (χ3n) is 3.32. The van der Waals surface area contributed by atoms with Gasteiger partial charge in [0.2, 0.25) is 0 Å². The largest absolute Gasteiger partial charge is 0.478 e. The molecule has 1 saturated carbocycles. The molecule has 0 unspecified atom stereocenters. The lowest BCUT2D eigenvalue weighted by atomic mass is 10.1. The summed E-state index contributed by atoms with van der Waals surface area (Å²) < 4.78 is 14.6. The summed E-state index contributed by atoms with van der Waals surface area (Å²) in [7, 11) is 0. The van der Waals surface area contributed by atoms with Crippen molar-refractivity contribution in [3.05, 3.63) is 51.9 Å². The molecule has 0 aliphatic heterocycles. The lowest BCUT2D eigenvalue weighted by Crippen LogP contribution is -2.05. The van der Waals surface area contributed by atoms with Crippen LogP contribution in [0, 0.1) is 5.82 Å². The Kier molecular flexibility index (Phi) is 3.30. The summed E-state index contributed by atoms with van der Waals surface area (Å²) in [4.78, 5) is 15.6. The second-order valence-electron chi connectivity index (χ2n) is 4.83. The van der Waals surface area contributed by atoms with Gasteiger partial charge in [-0.3, -0.25) is 4.98 Å². The lowest BCUT2D eigenvalue weighted by molar-refractivity contribution is 0.0695. The zero-order chi connectivity index (χ0) is 14.3. The molecule has 2 aromatic rings. The summed E-state index contributed by atoms with van der Waals surface area (Å²) in [5.74, 6) is -1.16. The number of halogens is 2. The normalized spacial score (nSPS) is 14.3. The van der Waals surface area contributed by atoms with Gasteiger partial charge in [-0.15, -0.1) is 0 Å². The Balaban J connectivity index is 2.13. The highest BCUT2D eigenvalue weighted by molar-refractivity contribution is 9.10. The predicted octanol–water partition coefficient (Wildman–Crippen LogP) is 4.23. The average molecular weight is 336 g/mol. The quantitative estimate of drug-likeness (QED) is 0.913. The molecule has 0 radical (unpaired) electrons. The number of benzene rings is 1. The summed E-state index contributed by atoms with van der Waals surface area (Å²) >= 11 is 3.30. The Morgan fingerprint density at radius 2 is 2.05 bits per heavy atom. The van der Waals surface area contributed by atoms with E-state index in [4.69, 9.17) is 0 Å². The second kappa shape index (κ2) is 4.98. The van der Waals surface area contributed by atoms with Crippen molar-refractivity contribution in [2.45, 2.75) is 18.8 Å². The summed E-state index contributed by atoms with van der Waals surface area (Å²) in [6.07, 6.45) is 1.88. The van der Waals surface area contributed by atoms with E-state index in [-0.39, 0.29) is 17.3 Å². The minimum Gasteiger partial charge on any atom is -0.478 e. The molecule has 3 rings (SSSR count). The molecule has 0 bridgehead atoms. The third kappa shape index (κ3) is 2.45. The molecule has 1 aromatic heterocycles. The first-order chi connectivity index (χ1) is 9.56. The highest BCUT2D eigenvalue weighted by Crippen LogP contribution is 2.41. The van der Waals surface area contributed by atoms with Crippen molar-refractivity contribution in [2.24, 2.45) is 0 Å². The van der Waals surface area contributed by atoms with Crippen molar-refractivity contribution >= 4 is 21.9 Å². The standard InChI is InChI=1S/C15H11BrFNO2/c16-9-3-5-12(17)11(7-9)13-6-4-10(15(19)20)14(18-13)8-1-2-8/h3-8H,1-2H2,(H,19,20). The monoisotopic (exact) mass is 335 g/mol. The number of carboxylic acid groups (broad SMARTS) is 1. The lowest BCUT2D eigenvalue weighted by Gasteiger charge is -2.08. The van der Waals surface area contributed by atoms with E-state index in [0.717, 1.165) is 17.3 Å². The van der Waals surface area contributed by atoms with E-state index >= 15 is 0 Å². The number of hydrogen-bond acceptors (Lipinski definition) is 2. The molecule has 0 spiro atoms. The molecule has 1 heterocycles. The van der Waals surface area contributed by atoms with Crippen LogP contribution >= 0.6 is 15.9 Å². The van der Waals surface area contributed by atoms with Gasteiger partial charge >= 0.3 is 5.97 Å². The first-order valence-electron chi connectivity index (χ1n) is 6.26. The van der Waals surface area contributed by atoms with Crippen LogP contribution in [0.2, 0.25) is 0 Å². The summed E-state index contributed by atoms with van der Waals surface area (Å²) in [5, 5.41) is 9.18. The van der Waals surface area contributed by atoms with Gasteiger partial charge in [-0.05, 0) is 43.2 Å². The van der Waals surface area contributed by atoms with Gasteiger partial charge in [0, 0.05) is 16.0 Å². The van der Waals surface area contributed by atoms with Crippen molar-refractivity contribution in [2.75, 3.05) is 0 Å². The zero-order valence-corrected chi connectivity index (χ0v) is 12.0. The average Bonchev–Trinajstić information content (AvgIpc) is 3.25. The predicted molar refractivity (Wildman–Crippen MR) is 76.3 cm³/mol. The maximum atomic E-state index is 13.9. The van der Waals surface area contributed by atoms with E-state index in [1.807, 2.05) is 0 Å². The number of carboxylic acids is 1. The third-order valence-corrected chi connectivity index (χ3v) is 3.82. The Morgan fingerprint density at radius 3 is 2.70 bits per heavy atom. The minimum atomic E-state index is -0.985. The number of hydrogen-bond donors (Lipinski definition) is 1. The van der Waals surface area contributed by atoms with E-state index < -0.39 is 5.97 Å². The van der Waals surface area contributed by atoms with E-state index in [1.165, 1.54) is 12.1 Å². The number of aromatic nitrogens is 1. The van der Waals surface area contributed by atoms with Crippen molar-refractivity contribution in [1.29, 1.82) is 0 Å². The van der Waals surface area contributed by atoms with E-state index in [2.05, 4.69) is 20.9 Å². The molecule has 0 amide bonds. The molecule has 20 heavy (non-hydrogen) atoms. The molecular weight excluding hydrogens is 325 g/mol. The van der Waals surface area contributed by atoms with Crippen LogP contribution in [0.15, 0.2) is 34.8 Å². The molecule has 1 N–H and O–H groups in total. The molecule has 1 fully saturated rings. The Bertz CT molecular complexity index is 698. The maximum absolute atomic E-state index is 13.9. The first-order valence-corrected chi connectivity index (χ1v) is 7.05. The molecular formula is C15H11BrFNO2. The van der Waals surface area contributed by atoms with Gasteiger partial charge in [0.1, 0.15) is 5.82 Å². The van der Waals surface area contributed by atoms with Gasteiger partial charge < -0.3 is 5.11 Å².